The van der Waals surface area contributed by atoms with E-state index in [1.807, 2.05) is 0 Å². The largest absolute Gasteiger partial charge is 0.478 e. The van der Waals surface area contributed by atoms with Crippen LogP contribution < -0.4 is 4.90 Å². The topological polar surface area (TPSA) is 91.8 Å². The van der Waals surface area contributed by atoms with Crippen molar-refractivity contribution in [1.82, 2.24) is 0 Å². The van der Waals surface area contributed by atoms with Crippen molar-refractivity contribution >= 4 is 59.6 Å². The molecule has 0 radical (unpaired) electrons. The zero-order chi connectivity index (χ0) is 16.7. The summed E-state index contributed by atoms with van der Waals surface area (Å²) in [5.74, 6) is -3.14. The Hall–Kier alpha value is -1.00. The number of anilines is 1. The van der Waals surface area contributed by atoms with Crippen LogP contribution in [-0.2, 0) is 15.0 Å². The van der Waals surface area contributed by atoms with Crippen LogP contribution in [0.3, 0.4) is 0 Å². The summed E-state index contributed by atoms with van der Waals surface area (Å²) < 4.78 is 35.1. The average molecular weight is 459 g/mol. The molecule has 1 unspecified atom stereocenters. The second-order valence-corrected chi connectivity index (χ2v) is 8.05. The Labute approximate surface area is 142 Å². The van der Waals surface area contributed by atoms with Crippen molar-refractivity contribution in [3.8, 4) is 0 Å². The molecule has 120 valence electrons. The third kappa shape index (κ3) is 3.85. The molecule has 1 aromatic rings. The van der Waals surface area contributed by atoms with Crippen LogP contribution in [0.4, 0.5) is 9.57 Å². The van der Waals surface area contributed by atoms with Gasteiger partial charge in [0, 0.05) is 27.8 Å². The van der Waals surface area contributed by atoms with Gasteiger partial charge in [-0.25, -0.2) is 4.79 Å². The Morgan fingerprint density at radius 1 is 1.41 bits per heavy atom. The predicted molar refractivity (Wildman–Crippen MR) is 84.2 cm³/mol. The van der Waals surface area contributed by atoms with Crippen molar-refractivity contribution < 1.29 is 27.0 Å². The number of carbonyl (C=O) groups excluding carboxylic acids is 1. The Balaban J connectivity index is 2.40. The Morgan fingerprint density at radius 2 is 2.05 bits per heavy atom. The molecule has 0 aromatic heterocycles. The van der Waals surface area contributed by atoms with E-state index in [2.05, 4.69) is 31.9 Å². The van der Waals surface area contributed by atoms with Crippen LogP contribution in [0, 0.1) is 5.92 Å². The van der Waals surface area contributed by atoms with Gasteiger partial charge in [-0.15, -0.1) is 3.89 Å². The first-order chi connectivity index (χ1) is 10.1. The second kappa shape index (κ2) is 6.25. The maximum Gasteiger partial charge on any atom is 0.337 e. The first-order valence-electron chi connectivity index (χ1n) is 6.03. The third-order valence-electron chi connectivity index (χ3n) is 3.17. The number of hydrogen-bond acceptors (Lipinski definition) is 4. The fourth-order valence-corrected chi connectivity index (χ4v) is 4.62. The zero-order valence-electron chi connectivity index (χ0n) is 10.9. The molecule has 6 nitrogen and oxygen atoms in total. The highest BCUT2D eigenvalue weighted by Gasteiger charge is 2.36. The van der Waals surface area contributed by atoms with Gasteiger partial charge in [-0.3, -0.25) is 4.79 Å². The fourth-order valence-electron chi connectivity index (χ4n) is 2.39. The van der Waals surface area contributed by atoms with Crippen molar-refractivity contribution in [3.63, 3.8) is 0 Å². The van der Waals surface area contributed by atoms with Crippen LogP contribution in [-0.4, -0.2) is 37.7 Å². The van der Waals surface area contributed by atoms with E-state index >= 15 is 0 Å². The first-order valence-corrected chi connectivity index (χ1v) is 9.17. The summed E-state index contributed by atoms with van der Waals surface area (Å²) in [6, 6.07) is 2.92. The van der Waals surface area contributed by atoms with E-state index < -0.39 is 33.8 Å². The highest BCUT2D eigenvalue weighted by Crippen LogP contribution is 2.37. The molecule has 0 bridgehead atoms. The van der Waals surface area contributed by atoms with Gasteiger partial charge in [0.05, 0.1) is 17.0 Å². The van der Waals surface area contributed by atoms with Gasteiger partial charge in [0.2, 0.25) is 5.91 Å². The number of carbonyl (C=O) groups is 2. The average Bonchev–Trinajstić information content (AvgIpc) is 2.66. The number of nitrogens with zero attached hydrogens (tertiary/aromatic N) is 1. The lowest BCUT2D eigenvalue weighted by molar-refractivity contribution is -0.117. The normalized spacial score (nSPS) is 18.8. The van der Waals surface area contributed by atoms with Gasteiger partial charge in [-0.05, 0) is 28.1 Å². The molecule has 0 spiro atoms. The summed E-state index contributed by atoms with van der Waals surface area (Å²) in [7, 11) is -4.69. The summed E-state index contributed by atoms with van der Waals surface area (Å²) >= 11 is 6.37. The number of hydrogen-bond donors (Lipinski definition) is 1. The van der Waals surface area contributed by atoms with E-state index in [9.17, 15) is 27.0 Å². The highest BCUT2D eigenvalue weighted by molar-refractivity contribution is 9.11. The molecule has 22 heavy (non-hydrogen) atoms. The van der Waals surface area contributed by atoms with E-state index in [0.717, 1.165) is 0 Å². The molecule has 2 rings (SSSR count). The molecule has 1 saturated heterocycles. The highest BCUT2D eigenvalue weighted by atomic mass is 79.9. The van der Waals surface area contributed by atoms with E-state index in [0.29, 0.717) is 8.95 Å². The van der Waals surface area contributed by atoms with Gasteiger partial charge in [-0.1, -0.05) is 15.9 Å². The van der Waals surface area contributed by atoms with Gasteiger partial charge in [-0.2, -0.15) is 8.42 Å². The molecule has 1 amide bonds. The molecule has 1 aliphatic rings. The van der Waals surface area contributed by atoms with E-state index in [1.165, 1.54) is 11.0 Å². The molecule has 1 fully saturated rings. The summed E-state index contributed by atoms with van der Waals surface area (Å²) in [6.45, 7) is -0.0531. The second-order valence-electron chi connectivity index (χ2n) is 4.87. The van der Waals surface area contributed by atoms with Crippen LogP contribution >= 0.6 is 31.9 Å². The maximum atomic E-state index is 12.8. The number of aromatic carboxylic acids is 1. The summed E-state index contributed by atoms with van der Waals surface area (Å²) in [4.78, 5) is 24.6. The number of benzene rings is 1. The minimum absolute atomic E-state index is 0.0531. The smallest absolute Gasteiger partial charge is 0.337 e. The number of carboxylic acid groups (broad SMARTS) is 1. The summed E-state index contributed by atoms with van der Waals surface area (Å²) in [5, 5.41) is 9.28. The van der Waals surface area contributed by atoms with E-state index in [4.69, 9.17) is 0 Å². The lowest BCUT2D eigenvalue weighted by Gasteiger charge is -2.21. The number of amides is 1. The lowest BCUT2D eigenvalue weighted by Crippen LogP contribution is -2.27. The Morgan fingerprint density at radius 3 is 2.59 bits per heavy atom. The molecular formula is C12H10Br2FNO5S. The van der Waals surface area contributed by atoms with Gasteiger partial charge < -0.3 is 10.0 Å². The van der Waals surface area contributed by atoms with Crippen LogP contribution in [0.15, 0.2) is 21.1 Å². The van der Waals surface area contributed by atoms with E-state index in [-0.39, 0.29) is 24.2 Å². The number of rotatable bonds is 4. The van der Waals surface area contributed by atoms with Crippen molar-refractivity contribution in [1.29, 1.82) is 0 Å². The molecule has 1 atom stereocenters. The molecule has 1 heterocycles. The summed E-state index contributed by atoms with van der Waals surface area (Å²) in [5.41, 5.74) is 0.0258. The van der Waals surface area contributed by atoms with Crippen molar-refractivity contribution in [2.75, 3.05) is 17.2 Å². The monoisotopic (exact) mass is 457 g/mol. The van der Waals surface area contributed by atoms with E-state index in [1.54, 1.807) is 6.07 Å². The number of carboxylic acids is 1. The number of halogens is 3. The molecule has 10 heteroatoms. The SMILES string of the molecule is O=C(O)c1cc(Br)cc(Br)c1N1CC(CS(=O)(=O)F)CC1=O. The van der Waals surface area contributed by atoms with Crippen LogP contribution in [0.25, 0.3) is 0 Å². The third-order valence-corrected chi connectivity index (χ3v) is 5.10. The molecule has 1 aromatic carbocycles. The minimum atomic E-state index is -4.69. The van der Waals surface area contributed by atoms with Crippen LogP contribution in [0.5, 0.6) is 0 Å². The van der Waals surface area contributed by atoms with Crippen molar-refractivity contribution in [2.45, 2.75) is 6.42 Å². The van der Waals surface area contributed by atoms with Gasteiger partial charge in [0.15, 0.2) is 0 Å². The molecule has 0 saturated carbocycles. The van der Waals surface area contributed by atoms with Crippen molar-refractivity contribution in [2.24, 2.45) is 5.92 Å². The quantitative estimate of drug-likeness (QED) is 0.700. The van der Waals surface area contributed by atoms with Gasteiger partial charge in [0.25, 0.3) is 0 Å². The fraction of sp³-hybridized carbons (Fsp3) is 0.333. The van der Waals surface area contributed by atoms with Crippen LogP contribution in [0.2, 0.25) is 0 Å². The lowest BCUT2D eigenvalue weighted by atomic mass is 10.1. The maximum absolute atomic E-state index is 12.8. The van der Waals surface area contributed by atoms with Gasteiger partial charge in [0.1, 0.15) is 0 Å². The Bertz CT molecular complexity index is 752. The molecule has 1 aliphatic heterocycles. The zero-order valence-corrected chi connectivity index (χ0v) is 14.9. The Kier molecular flexibility index (Phi) is 4.93. The van der Waals surface area contributed by atoms with Crippen LogP contribution in [0.1, 0.15) is 16.8 Å². The molecule has 0 aliphatic carbocycles. The standard InChI is InChI=1S/C12H10Br2FNO5S/c13-7-2-8(12(18)19)11(9(14)3-7)16-4-6(1-10(16)17)5-22(15,20)21/h2-3,6H,1,4-5H2,(H,18,19). The predicted octanol–water partition coefficient (Wildman–Crippen LogP) is 2.56. The molecule has 1 N–H and O–H groups in total. The first kappa shape index (κ1) is 17.4. The van der Waals surface area contributed by atoms with Crippen molar-refractivity contribution in [3.05, 3.63) is 26.6 Å². The minimum Gasteiger partial charge on any atom is -0.478 e. The van der Waals surface area contributed by atoms with Gasteiger partial charge >= 0.3 is 16.2 Å². The molecular weight excluding hydrogens is 449 g/mol. The summed E-state index contributed by atoms with van der Waals surface area (Å²) in [6.07, 6.45) is -0.148.